The molecule has 0 amide bonds. The number of cyclic esters (lactones) is 2. The molecule has 3 rings (SSSR count). The van der Waals surface area contributed by atoms with Crippen LogP contribution in [0.2, 0.25) is 0 Å². The summed E-state index contributed by atoms with van der Waals surface area (Å²) in [6.45, 7) is 0. The maximum Gasteiger partial charge on any atom is 0.334 e. The molecule has 0 N–H and O–H groups in total. The van der Waals surface area contributed by atoms with Gasteiger partial charge in [-0.2, -0.15) is 0 Å². The van der Waals surface area contributed by atoms with E-state index < -0.39 is 5.41 Å². The Labute approximate surface area is 68.8 Å². The zero-order chi connectivity index (χ0) is 8.34. The molecule has 12 heavy (non-hydrogen) atoms. The fourth-order valence-electron chi connectivity index (χ4n) is 2.44. The smallest absolute Gasteiger partial charge is 0.334 e. The van der Waals surface area contributed by atoms with Crippen molar-refractivity contribution in [1.82, 2.24) is 0 Å². The number of esters is 2. The normalized spacial score (nSPS) is 41.7. The van der Waals surface area contributed by atoms with Crippen LogP contribution in [0.1, 0.15) is 19.3 Å². The topological polar surface area (TPSA) is 52.6 Å². The van der Waals surface area contributed by atoms with Crippen LogP contribution < -0.4 is 0 Å². The number of fused-ring (bicyclic) bond motifs is 3. The van der Waals surface area contributed by atoms with Crippen molar-refractivity contribution in [3.63, 3.8) is 0 Å². The second-order valence-corrected chi connectivity index (χ2v) is 3.68. The van der Waals surface area contributed by atoms with Crippen LogP contribution in [0.3, 0.4) is 0 Å². The minimum absolute atomic E-state index is 0.117. The first-order valence-corrected chi connectivity index (χ1v) is 4.15. The molecule has 0 radical (unpaired) electrons. The fraction of sp³-hybridized carbons (Fsp3) is 0.750. The minimum atomic E-state index is -0.872. The molecule has 0 saturated carbocycles. The average Bonchev–Trinajstić information content (AvgIpc) is 2.63. The second kappa shape index (κ2) is 1.71. The predicted octanol–water partition coefficient (Wildman–Crippen LogP) is 0.00750. The van der Waals surface area contributed by atoms with Gasteiger partial charge in [-0.1, -0.05) is 0 Å². The van der Waals surface area contributed by atoms with Crippen molar-refractivity contribution in [2.24, 2.45) is 5.41 Å². The Morgan fingerprint density at radius 2 is 2.00 bits per heavy atom. The van der Waals surface area contributed by atoms with Gasteiger partial charge in [-0.25, -0.2) is 0 Å². The van der Waals surface area contributed by atoms with E-state index in [1.807, 2.05) is 0 Å². The summed E-state index contributed by atoms with van der Waals surface area (Å²) in [5, 5.41) is 0. The summed E-state index contributed by atoms with van der Waals surface area (Å²) in [6, 6.07) is 0. The van der Waals surface area contributed by atoms with Crippen molar-refractivity contribution >= 4 is 11.9 Å². The lowest BCUT2D eigenvalue weighted by atomic mass is 9.71. The van der Waals surface area contributed by atoms with E-state index in [0.717, 1.165) is 12.8 Å². The second-order valence-electron chi connectivity index (χ2n) is 3.68. The highest BCUT2D eigenvalue weighted by Crippen LogP contribution is 2.53. The molecule has 4 heteroatoms. The van der Waals surface area contributed by atoms with Gasteiger partial charge in [0.15, 0.2) is 5.41 Å². The van der Waals surface area contributed by atoms with Crippen molar-refractivity contribution in [3.05, 3.63) is 0 Å². The quantitative estimate of drug-likeness (QED) is 0.377. The lowest BCUT2D eigenvalue weighted by Crippen LogP contribution is -2.58. The molecule has 3 heterocycles. The molecule has 2 bridgehead atoms. The molecule has 4 nitrogen and oxygen atoms in total. The van der Waals surface area contributed by atoms with Gasteiger partial charge in [0, 0.05) is 6.42 Å². The minimum Gasteiger partial charge on any atom is -0.391 e. The molecular formula is C8H8O4. The molecule has 0 aromatic heterocycles. The third kappa shape index (κ3) is 0.485. The first-order chi connectivity index (χ1) is 5.73. The molecule has 3 aliphatic heterocycles. The van der Waals surface area contributed by atoms with Crippen molar-refractivity contribution in [1.29, 1.82) is 0 Å². The Morgan fingerprint density at radius 1 is 1.25 bits per heavy atom. The summed E-state index contributed by atoms with van der Waals surface area (Å²) in [5.41, 5.74) is -0.872. The Morgan fingerprint density at radius 3 is 2.33 bits per heavy atom. The Bertz CT molecular complexity index is 269. The molecule has 0 aromatic carbocycles. The first kappa shape index (κ1) is 6.60. The standard InChI is InChI=1S/C8H8O4/c9-6-8(7(10)12-6)3-4-1-2-5(8)11-4/h4-5H,1-3H2. The van der Waals surface area contributed by atoms with Gasteiger partial charge in [0.1, 0.15) is 0 Å². The summed E-state index contributed by atoms with van der Waals surface area (Å²) in [7, 11) is 0. The lowest BCUT2D eigenvalue weighted by Gasteiger charge is -2.36. The van der Waals surface area contributed by atoms with Crippen LogP contribution in [-0.2, 0) is 19.1 Å². The largest absolute Gasteiger partial charge is 0.391 e. The molecule has 3 fully saturated rings. The van der Waals surface area contributed by atoms with Gasteiger partial charge in [0.25, 0.3) is 0 Å². The molecule has 3 aliphatic rings. The highest BCUT2D eigenvalue weighted by molar-refractivity contribution is 6.14. The SMILES string of the molecule is O=C1OC(=O)C12CC1CCC2O1. The summed E-state index contributed by atoms with van der Waals surface area (Å²) < 4.78 is 9.82. The van der Waals surface area contributed by atoms with Crippen molar-refractivity contribution < 1.29 is 19.1 Å². The summed E-state index contributed by atoms with van der Waals surface area (Å²) in [5.74, 6) is -0.751. The maximum absolute atomic E-state index is 11.1. The van der Waals surface area contributed by atoms with Crippen LogP contribution in [0.5, 0.6) is 0 Å². The number of carbonyl (C=O) groups excluding carboxylic acids is 2. The van der Waals surface area contributed by atoms with Crippen LogP contribution in [0.4, 0.5) is 0 Å². The van der Waals surface area contributed by atoms with E-state index in [4.69, 9.17) is 4.74 Å². The van der Waals surface area contributed by atoms with E-state index in [0.29, 0.717) is 6.42 Å². The van der Waals surface area contributed by atoms with Gasteiger partial charge < -0.3 is 9.47 Å². The molecular weight excluding hydrogens is 160 g/mol. The van der Waals surface area contributed by atoms with Gasteiger partial charge in [-0.15, -0.1) is 0 Å². The van der Waals surface area contributed by atoms with E-state index in [9.17, 15) is 9.59 Å². The van der Waals surface area contributed by atoms with Crippen molar-refractivity contribution in [2.75, 3.05) is 0 Å². The summed E-state index contributed by atoms with van der Waals surface area (Å²) >= 11 is 0. The van der Waals surface area contributed by atoms with Gasteiger partial charge in [0.2, 0.25) is 0 Å². The van der Waals surface area contributed by atoms with Crippen LogP contribution >= 0.6 is 0 Å². The van der Waals surface area contributed by atoms with E-state index in [2.05, 4.69) is 4.74 Å². The van der Waals surface area contributed by atoms with E-state index >= 15 is 0 Å². The Balaban J connectivity index is 2.02. The summed E-state index contributed by atoms with van der Waals surface area (Å²) in [4.78, 5) is 22.3. The average molecular weight is 168 g/mol. The van der Waals surface area contributed by atoms with E-state index in [1.165, 1.54) is 0 Å². The lowest BCUT2D eigenvalue weighted by molar-refractivity contribution is -0.201. The molecule has 1 spiro atoms. The zero-order valence-corrected chi connectivity index (χ0v) is 6.41. The third-order valence-corrected chi connectivity index (χ3v) is 3.12. The van der Waals surface area contributed by atoms with E-state index in [1.54, 1.807) is 0 Å². The third-order valence-electron chi connectivity index (χ3n) is 3.12. The highest BCUT2D eigenvalue weighted by Gasteiger charge is 2.70. The van der Waals surface area contributed by atoms with Crippen LogP contribution in [-0.4, -0.2) is 24.1 Å². The van der Waals surface area contributed by atoms with Gasteiger partial charge in [-0.05, 0) is 12.8 Å². The molecule has 0 aromatic rings. The zero-order valence-electron chi connectivity index (χ0n) is 6.41. The fourth-order valence-corrected chi connectivity index (χ4v) is 2.44. The first-order valence-electron chi connectivity index (χ1n) is 4.15. The number of carbonyl (C=O) groups is 2. The van der Waals surface area contributed by atoms with Crippen molar-refractivity contribution in [2.45, 2.75) is 31.5 Å². The van der Waals surface area contributed by atoms with Gasteiger partial charge in [-0.3, -0.25) is 9.59 Å². The van der Waals surface area contributed by atoms with E-state index in [-0.39, 0.29) is 24.1 Å². The predicted molar refractivity (Wildman–Crippen MR) is 36.0 cm³/mol. The van der Waals surface area contributed by atoms with Crippen LogP contribution in [0, 0.1) is 5.41 Å². The molecule has 2 atom stereocenters. The van der Waals surface area contributed by atoms with Gasteiger partial charge >= 0.3 is 11.9 Å². The monoisotopic (exact) mass is 168 g/mol. The Kier molecular flexibility index (Phi) is 0.942. The number of rotatable bonds is 0. The van der Waals surface area contributed by atoms with Crippen LogP contribution in [0.25, 0.3) is 0 Å². The molecule has 2 unspecified atom stereocenters. The maximum atomic E-state index is 11.1. The molecule has 64 valence electrons. The number of hydrogen-bond donors (Lipinski definition) is 0. The number of hydrogen-bond acceptors (Lipinski definition) is 4. The van der Waals surface area contributed by atoms with Crippen LogP contribution in [0.15, 0.2) is 0 Å². The summed E-state index contributed by atoms with van der Waals surface area (Å²) in [6.07, 6.45) is 2.29. The Hall–Kier alpha value is -0.900. The van der Waals surface area contributed by atoms with Crippen molar-refractivity contribution in [3.8, 4) is 0 Å². The number of ether oxygens (including phenoxy) is 2. The van der Waals surface area contributed by atoms with Gasteiger partial charge in [0.05, 0.1) is 12.2 Å². The highest BCUT2D eigenvalue weighted by atomic mass is 16.6. The molecule has 3 saturated heterocycles. The molecule has 0 aliphatic carbocycles.